The van der Waals surface area contributed by atoms with Crippen molar-refractivity contribution < 1.29 is 0 Å². The van der Waals surface area contributed by atoms with Crippen molar-refractivity contribution >= 4 is 0 Å². The highest BCUT2D eigenvalue weighted by Gasteiger charge is 2.21. The van der Waals surface area contributed by atoms with Crippen molar-refractivity contribution in [3.05, 3.63) is 0 Å². The molecule has 10 heavy (non-hydrogen) atoms. The van der Waals surface area contributed by atoms with Crippen molar-refractivity contribution in [3.8, 4) is 0 Å². The lowest BCUT2D eigenvalue weighted by Gasteiger charge is -2.21. The summed E-state index contributed by atoms with van der Waals surface area (Å²) in [7, 11) is 4.41. The average Bonchev–Trinajstić information content (AvgIpc) is 2.34. The van der Waals surface area contributed by atoms with Crippen molar-refractivity contribution in [1.29, 1.82) is 0 Å². The van der Waals surface area contributed by atoms with E-state index in [1.165, 1.54) is 26.1 Å². The lowest BCUT2D eigenvalue weighted by atomic mass is 10.2. The Labute approximate surface area is 63.8 Å². The fraction of sp³-hybridized carbons (Fsp3) is 1.00. The van der Waals surface area contributed by atoms with Gasteiger partial charge in [0, 0.05) is 12.6 Å². The molecule has 1 fully saturated rings. The first-order valence-corrected chi connectivity index (χ1v) is 4.12. The third kappa shape index (κ3) is 1.70. The molecule has 0 N–H and O–H groups in total. The summed E-state index contributed by atoms with van der Waals surface area (Å²) in [6.45, 7) is 5.93. The van der Waals surface area contributed by atoms with Gasteiger partial charge in [-0.05, 0) is 33.6 Å². The van der Waals surface area contributed by atoms with Crippen LogP contribution in [0.2, 0.25) is 0 Å². The third-order valence-electron chi connectivity index (χ3n) is 2.49. The Bertz CT molecular complexity index is 103. The van der Waals surface area contributed by atoms with Gasteiger partial charge in [0.15, 0.2) is 0 Å². The first-order valence-electron chi connectivity index (χ1n) is 4.12. The van der Waals surface area contributed by atoms with Gasteiger partial charge in [0.05, 0.1) is 0 Å². The molecule has 0 spiro atoms. The number of rotatable bonds is 2. The Morgan fingerprint density at radius 1 is 1.60 bits per heavy atom. The molecule has 0 saturated carbocycles. The van der Waals surface area contributed by atoms with Gasteiger partial charge < -0.3 is 9.80 Å². The maximum absolute atomic E-state index is 2.43. The normalized spacial score (nSPS) is 28.2. The summed E-state index contributed by atoms with van der Waals surface area (Å²) >= 11 is 0. The molecule has 0 unspecified atom stereocenters. The number of hydrogen-bond donors (Lipinski definition) is 0. The molecule has 1 rings (SSSR count). The highest BCUT2D eigenvalue weighted by molar-refractivity contribution is 4.79. The van der Waals surface area contributed by atoms with E-state index in [-0.39, 0.29) is 0 Å². The summed E-state index contributed by atoms with van der Waals surface area (Å²) in [6.07, 6.45) is 1.35. The lowest BCUT2D eigenvalue weighted by molar-refractivity contribution is 0.253. The molecular formula is C8H18N2. The largest absolute Gasteiger partial charge is 0.305 e. The van der Waals surface area contributed by atoms with Crippen molar-refractivity contribution in [1.82, 2.24) is 9.80 Å². The van der Waals surface area contributed by atoms with Gasteiger partial charge in [-0.25, -0.2) is 0 Å². The molecular weight excluding hydrogens is 124 g/mol. The fourth-order valence-corrected chi connectivity index (χ4v) is 1.53. The van der Waals surface area contributed by atoms with Crippen molar-refractivity contribution in [2.45, 2.75) is 19.4 Å². The Balaban J connectivity index is 2.29. The van der Waals surface area contributed by atoms with Gasteiger partial charge in [-0.2, -0.15) is 0 Å². The molecule has 0 bridgehead atoms. The molecule has 1 aliphatic heterocycles. The Morgan fingerprint density at radius 3 is 2.70 bits per heavy atom. The average molecular weight is 142 g/mol. The molecule has 1 atom stereocenters. The predicted molar refractivity (Wildman–Crippen MR) is 44.2 cm³/mol. The van der Waals surface area contributed by atoms with Gasteiger partial charge in [0.25, 0.3) is 0 Å². The Morgan fingerprint density at radius 2 is 2.30 bits per heavy atom. The predicted octanol–water partition coefficient (Wildman–Crippen LogP) is 0.642. The van der Waals surface area contributed by atoms with Crippen LogP contribution in [-0.2, 0) is 0 Å². The zero-order chi connectivity index (χ0) is 7.56. The summed E-state index contributed by atoms with van der Waals surface area (Å²) in [5.74, 6) is 0. The number of likely N-dealkylation sites (tertiary alicyclic amines) is 1. The second-order valence-corrected chi connectivity index (χ2v) is 3.28. The molecule has 0 aromatic heterocycles. The smallest absolute Gasteiger partial charge is 0.0232 e. The molecule has 1 saturated heterocycles. The van der Waals surface area contributed by atoms with E-state index in [1.807, 2.05) is 0 Å². The van der Waals surface area contributed by atoms with Crippen LogP contribution in [0.1, 0.15) is 13.3 Å². The minimum Gasteiger partial charge on any atom is -0.305 e. The van der Waals surface area contributed by atoms with Gasteiger partial charge in [-0.15, -0.1) is 0 Å². The minimum atomic E-state index is 0.815. The second-order valence-electron chi connectivity index (χ2n) is 3.28. The zero-order valence-corrected chi connectivity index (χ0v) is 7.30. The lowest BCUT2D eigenvalue weighted by Crippen LogP contribution is -2.33. The highest BCUT2D eigenvalue weighted by Crippen LogP contribution is 2.11. The van der Waals surface area contributed by atoms with E-state index in [4.69, 9.17) is 0 Å². The topological polar surface area (TPSA) is 6.48 Å². The maximum atomic E-state index is 2.43. The molecule has 0 radical (unpaired) electrons. The van der Waals surface area contributed by atoms with Crippen LogP contribution in [-0.4, -0.2) is 49.6 Å². The second kappa shape index (κ2) is 3.35. The summed E-state index contributed by atoms with van der Waals surface area (Å²) in [4.78, 5) is 4.83. The summed E-state index contributed by atoms with van der Waals surface area (Å²) in [6, 6.07) is 0.815. The van der Waals surface area contributed by atoms with Crippen LogP contribution in [0.5, 0.6) is 0 Å². The summed E-state index contributed by atoms with van der Waals surface area (Å²) in [5, 5.41) is 0. The quantitative estimate of drug-likeness (QED) is 0.558. The molecule has 0 aromatic carbocycles. The van der Waals surface area contributed by atoms with E-state index >= 15 is 0 Å². The van der Waals surface area contributed by atoms with E-state index in [0.29, 0.717) is 0 Å². The van der Waals surface area contributed by atoms with Gasteiger partial charge in [-0.1, -0.05) is 6.92 Å². The summed E-state index contributed by atoms with van der Waals surface area (Å²) in [5.41, 5.74) is 0. The van der Waals surface area contributed by atoms with Gasteiger partial charge in [0.1, 0.15) is 0 Å². The number of nitrogens with zero attached hydrogens (tertiary/aromatic N) is 2. The van der Waals surface area contributed by atoms with Crippen molar-refractivity contribution in [3.63, 3.8) is 0 Å². The number of hydrogen-bond acceptors (Lipinski definition) is 2. The molecule has 1 aliphatic rings. The maximum Gasteiger partial charge on any atom is 0.0232 e. The van der Waals surface area contributed by atoms with E-state index in [0.717, 1.165) is 6.04 Å². The van der Waals surface area contributed by atoms with Crippen LogP contribution in [0, 0.1) is 0 Å². The number of likely N-dealkylation sites (N-methyl/N-ethyl adjacent to an activating group) is 2. The summed E-state index contributed by atoms with van der Waals surface area (Å²) < 4.78 is 0. The van der Waals surface area contributed by atoms with Crippen LogP contribution < -0.4 is 0 Å². The van der Waals surface area contributed by atoms with E-state index in [1.54, 1.807) is 0 Å². The molecule has 0 aromatic rings. The van der Waals surface area contributed by atoms with E-state index in [9.17, 15) is 0 Å². The van der Waals surface area contributed by atoms with Crippen LogP contribution in [0.4, 0.5) is 0 Å². The van der Waals surface area contributed by atoms with Gasteiger partial charge in [-0.3, -0.25) is 0 Å². The van der Waals surface area contributed by atoms with E-state index < -0.39 is 0 Å². The first-order chi connectivity index (χ1) is 4.74. The van der Waals surface area contributed by atoms with Gasteiger partial charge >= 0.3 is 0 Å². The SMILES string of the molecule is CCN(C)[C@H]1CCN(C)C1. The standard InChI is InChI=1S/C8H18N2/c1-4-10(3)8-5-6-9(2)7-8/h8H,4-7H2,1-3H3/t8-/m0/s1. The fourth-order valence-electron chi connectivity index (χ4n) is 1.53. The Kier molecular flexibility index (Phi) is 2.69. The van der Waals surface area contributed by atoms with E-state index in [2.05, 4.69) is 30.8 Å². The van der Waals surface area contributed by atoms with Crippen LogP contribution in [0.15, 0.2) is 0 Å². The minimum absolute atomic E-state index is 0.815. The molecule has 60 valence electrons. The Hall–Kier alpha value is -0.0800. The zero-order valence-electron chi connectivity index (χ0n) is 7.30. The first kappa shape index (κ1) is 8.02. The van der Waals surface area contributed by atoms with Crippen molar-refractivity contribution in [2.75, 3.05) is 33.7 Å². The molecule has 0 amide bonds. The molecule has 2 nitrogen and oxygen atoms in total. The van der Waals surface area contributed by atoms with Crippen molar-refractivity contribution in [2.24, 2.45) is 0 Å². The van der Waals surface area contributed by atoms with Crippen LogP contribution >= 0.6 is 0 Å². The van der Waals surface area contributed by atoms with Crippen LogP contribution in [0.3, 0.4) is 0 Å². The monoisotopic (exact) mass is 142 g/mol. The molecule has 0 aliphatic carbocycles. The third-order valence-corrected chi connectivity index (χ3v) is 2.49. The molecule has 2 heteroatoms. The highest BCUT2D eigenvalue weighted by atomic mass is 15.2. The molecule has 1 heterocycles. The van der Waals surface area contributed by atoms with Crippen LogP contribution in [0.25, 0.3) is 0 Å². The van der Waals surface area contributed by atoms with Gasteiger partial charge in [0.2, 0.25) is 0 Å².